The van der Waals surface area contributed by atoms with Crippen molar-refractivity contribution >= 4 is 23.3 Å². The molecule has 0 saturated carbocycles. The molecule has 30 heavy (non-hydrogen) atoms. The molecule has 0 bridgehead atoms. The summed E-state index contributed by atoms with van der Waals surface area (Å²) in [6, 6.07) is 12.1. The quantitative estimate of drug-likeness (QED) is 0.779. The third kappa shape index (κ3) is 4.10. The average molecular weight is 410 g/mol. The van der Waals surface area contributed by atoms with Crippen molar-refractivity contribution in [2.75, 3.05) is 55.6 Å². The zero-order valence-electron chi connectivity index (χ0n) is 17.5. The molecule has 158 valence electrons. The normalized spacial score (nSPS) is 17.1. The zero-order valence-corrected chi connectivity index (χ0v) is 17.5. The molecular formula is C23H27FN4O2. The number of hydrogen-bond donors (Lipinski definition) is 0. The Kier molecular flexibility index (Phi) is 5.61. The van der Waals surface area contributed by atoms with E-state index in [1.165, 1.54) is 28.9 Å². The van der Waals surface area contributed by atoms with Gasteiger partial charge < -0.3 is 14.7 Å². The molecular weight excluding hydrogens is 383 g/mol. The van der Waals surface area contributed by atoms with Gasteiger partial charge in [0, 0.05) is 50.6 Å². The molecule has 0 N–H and O–H groups in total. The van der Waals surface area contributed by atoms with E-state index in [1.807, 2.05) is 4.90 Å². The van der Waals surface area contributed by atoms with E-state index in [9.17, 15) is 14.0 Å². The maximum absolute atomic E-state index is 13.1. The number of anilines is 2. The number of aryl methyl sites for hydroxylation is 2. The van der Waals surface area contributed by atoms with Gasteiger partial charge in [-0.2, -0.15) is 0 Å². The predicted molar refractivity (Wildman–Crippen MR) is 115 cm³/mol. The molecule has 2 aromatic carbocycles. The summed E-state index contributed by atoms with van der Waals surface area (Å²) in [5.74, 6) is -0.359. The molecule has 2 saturated heterocycles. The van der Waals surface area contributed by atoms with Crippen molar-refractivity contribution in [3.63, 3.8) is 0 Å². The van der Waals surface area contributed by atoms with E-state index in [-0.39, 0.29) is 24.3 Å². The molecule has 0 atom stereocenters. The van der Waals surface area contributed by atoms with Crippen LogP contribution < -0.4 is 9.80 Å². The number of rotatable bonds is 4. The van der Waals surface area contributed by atoms with E-state index in [0.29, 0.717) is 31.9 Å². The smallest absolute Gasteiger partial charge is 0.325 e. The molecule has 4 rings (SSSR count). The van der Waals surface area contributed by atoms with Crippen molar-refractivity contribution in [2.45, 2.75) is 13.8 Å². The number of carbonyl (C=O) groups is 2. The highest BCUT2D eigenvalue weighted by atomic mass is 19.1. The molecule has 3 amide bonds. The van der Waals surface area contributed by atoms with Crippen molar-refractivity contribution in [1.82, 2.24) is 9.80 Å². The molecule has 2 aromatic rings. The second-order valence-electron chi connectivity index (χ2n) is 7.99. The van der Waals surface area contributed by atoms with E-state index in [4.69, 9.17) is 0 Å². The Morgan fingerprint density at radius 1 is 0.933 bits per heavy atom. The van der Waals surface area contributed by atoms with Crippen molar-refractivity contribution in [3.8, 4) is 0 Å². The first-order valence-corrected chi connectivity index (χ1v) is 10.3. The van der Waals surface area contributed by atoms with Gasteiger partial charge in [0.15, 0.2) is 0 Å². The van der Waals surface area contributed by atoms with Crippen LogP contribution in [0.4, 0.5) is 20.6 Å². The van der Waals surface area contributed by atoms with Gasteiger partial charge >= 0.3 is 6.03 Å². The van der Waals surface area contributed by atoms with Gasteiger partial charge in [-0.25, -0.2) is 9.18 Å². The molecule has 0 aliphatic carbocycles. The number of hydrogen-bond acceptors (Lipinski definition) is 3. The SMILES string of the molecule is Cc1ccc(C)c(N2CCN(C(=O)CN3CCN(c4ccc(F)cc4)C3=O)CC2)c1. The molecule has 2 fully saturated rings. The molecule has 2 aliphatic heterocycles. The lowest BCUT2D eigenvalue weighted by molar-refractivity contribution is -0.131. The van der Waals surface area contributed by atoms with Crippen LogP contribution in [0.3, 0.4) is 0 Å². The Morgan fingerprint density at radius 2 is 1.63 bits per heavy atom. The van der Waals surface area contributed by atoms with Crippen LogP contribution in [0.1, 0.15) is 11.1 Å². The summed E-state index contributed by atoms with van der Waals surface area (Å²) in [6.45, 7) is 8.13. The highest BCUT2D eigenvalue weighted by Crippen LogP contribution is 2.24. The Labute approximate surface area is 176 Å². The molecule has 0 spiro atoms. The van der Waals surface area contributed by atoms with E-state index < -0.39 is 0 Å². The predicted octanol–water partition coefficient (Wildman–Crippen LogP) is 3.03. The molecule has 0 aromatic heterocycles. The van der Waals surface area contributed by atoms with Crippen LogP contribution in [0.5, 0.6) is 0 Å². The lowest BCUT2D eigenvalue weighted by Gasteiger charge is -2.37. The molecule has 0 unspecified atom stereocenters. The van der Waals surface area contributed by atoms with Gasteiger partial charge in [-0.05, 0) is 55.3 Å². The maximum Gasteiger partial charge on any atom is 0.325 e. The van der Waals surface area contributed by atoms with Crippen molar-refractivity contribution in [3.05, 3.63) is 59.4 Å². The van der Waals surface area contributed by atoms with Crippen LogP contribution in [0.2, 0.25) is 0 Å². The van der Waals surface area contributed by atoms with Gasteiger partial charge in [-0.15, -0.1) is 0 Å². The van der Waals surface area contributed by atoms with E-state index in [2.05, 4.69) is 36.9 Å². The first-order valence-electron chi connectivity index (χ1n) is 10.3. The number of benzene rings is 2. The third-order valence-electron chi connectivity index (χ3n) is 5.90. The summed E-state index contributed by atoms with van der Waals surface area (Å²) in [7, 11) is 0. The van der Waals surface area contributed by atoms with E-state index >= 15 is 0 Å². The summed E-state index contributed by atoms with van der Waals surface area (Å²) >= 11 is 0. The minimum Gasteiger partial charge on any atom is -0.368 e. The Hall–Kier alpha value is -3.09. The van der Waals surface area contributed by atoms with Crippen LogP contribution in [0.25, 0.3) is 0 Å². The number of amides is 3. The van der Waals surface area contributed by atoms with Gasteiger partial charge in [0.25, 0.3) is 0 Å². The summed E-state index contributed by atoms with van der Waals surface area (Å²) in [5, 5.41) is 0. The van der Waals surface area contributed by atoms with E-state index in [0.717, 1.165) is 13.1 Å². The molecule has 2 heterocycles. The lowest BCUT2D eigenvalue weighted by Crippen LogP contribution is -2.51. The first kappa shape index (κ1) is 20.2. The summed E-state index contributed by atoms with van der Waals surface area (Å²) < 4.78 is 13.1. The fraction of sp³-hybridized carbons (Fsp3) is 0.391. The molecule has 7 heteroatoms. The summed E-state index contributed by atoms with van der Waals surface area (Å²) in [4.78, 5) is 32.8. The first-order chi connectivity index (χ1) is 14.4. The fourth-order valence-electron chi connectivity index (χ4n) is 4.11. The summed E-state index contributed by atoms with van der Waals surface area (Å²) in [6.07, 6.45) is 0. The second-order valence-corrected chi connectivity index (χ2v) is 7.99. The Morgan fingerprint density at radius 3 is 2.33 bits per heavy atom. The monoisotopic (exact) mass is 410 g/mol. The lowest BCUT2D eigenvalue weighted by atomic mass is 10.1. The van der Waals surface area contributed by atoms with Gasteiger partial charge in [0.1, 0.15) is 12.4 Å². The number of halogens is 1. The van der Waals surface area contributed by atoms with Crippen molar-refractivity contribution < 1.29 is 14.0 Å². The number of carbonyl (C=O) groups excluding carboxylic acids is 2. The Balaban J connectivity index is 1.32. The van der Waals surface area contributed by atoms with Gasteiger partial charge in [-0.3, -0.25) is 9.69 Å². The van der Waals surface area contributed by atoms with Gasteiger partial charge in [0.2, 0.25) is 5.91 Å². The molecule has 0 radical (unpaired) electrons. The minimum absolute atomic E-state index is 0.0232. The van der Waals surface area contributed by atoms with Crippen LogP contribution in [-0.2, 0) is 4.79 Å². The van der Waals surface area contributed by atoms with E-state index in [1.54, 1.807) is 21.9 Å². The van der Waals surface area contributed by atoms with Crippen LogP contribution in [-0.4, -0.2) is 67.6 Å². The van der Waals surface area contributed by atoms with Gasteiger partial charge in [0.05, 0.1) is 0 Å². The van der Waals surface area contributed by atoms with Crippen LogP contribution in [0, 0.1) is 19.7 Å². The standard InChI is InChI=1S/C23H27FN4O2/c1-17-3-4-18(2)21(15-17)25-9-11-26(12-10-25)22(29)16-27-13-14-28(23(27)30)20-7-5-19(24)6-8-20/h3-8,15H,9-14,16H2,1-2H3. The highest BCUT2D eigenvalue weighted by molar-refractivity contribution is 5.96. The van der Waals surface area contributed by atoms with Crippen LogP contribution in [0.15, 0.2) is 42.5 Å². The molecule has 2 aliphatic rings. The van der Waals surface area contributed by atoms with Crippen LogP contribution >= 0.6 is 0 Å². The largest absolute Gasteiger partial charge is 0.368 e. The second kappa shape index (κ2) is 8.34. The molecule has 6 nitrogen and oxygen atoms in total. The maximum atomic E-state index is 13.1. The number of piperazine rings is 1. The van der Waals surface area contributed by atoms with Crippen molar-refractivity contribution in [2.24, 2.45) is 0 Å². The Bertz CT molecular complexity index is 939. The average Bonchev–Trinajstić information content (AvgIpc) is 3.10. The minimum atomic E-state index is -0.336. The fourth-order valence-corrected chi connectivity index (χ4v) is 4.11. The van der Waals surface area contributed by atoms with Gasteiger partial charge in [-0.1, -0.05) is 12.1 Å². The van der Waals surface area contributed by atoms with Crippen molar-refractivity contribution in [1.29, 1.82) is 0 Å². The topological polar surface area (TPSA) is 47.1 Å². The highest BCUT2D eigenvalue weighted by Gasteiger charge is 2.32. The number of urea groups is 1. The number of nitrogens with zero attached hydrogens (tertiary/aromatic N) is 4. The third-order valence-corrected chi connectivity index (χ3v) is 5.90. The summed E-state index contributed by atoms with van der Waals surface area (Å²) in [5.41, 5.74) is 4.35. The zero-order chi connectivity index (χ0) is 21.3.